The first-order valence-corrected chi connectivity index (χ1v) is 15.9. The number of ether oxygens (including phenoxy) is 1. The van der Waals surface area contributed by atoms with Crippen molar-refractivity contribution in [3.8, 4) is 0 Å². The summed E-state index contributed by atoms with van der Waals surface area (Å²) in [6.07, 6.45) is 3.60. The zero-order chi connectivity index (χ0) is 30.8. The molecule has 5 rings (SSSR count). The summed E-state index contributed by atoms with van der Waals surface area (Å²) < 4.78 is 5.28. The molecule has 1 spiro atoms. The van der Waals surface area contributed by atoms with Crippen molar-refractivity contribution in [2.24, 2.45) is 0 Å². The molecule has 2 fully saturated rings. The number of nitrogens with zero attached hydrogens (tertiary/aromatic N) is 2. The Balaban J connectivity index is 1.17. The van der Waals surface area contributed by atoms with Crippen molar-refractivity contribution in [2.45, 2.75) is 69.7 Å². The molecule has 0 aromatic heterocycles. The summed E-state index contributed by atoms with van der Waals surface area (Å²) in [6.45, 7) is 5.16. The fourth-order valence-corrected chi connectivity index (χ4v) is 6.46. The van der Waals surface area contributed by atoms with Gasteiger partial charge >= 0.3 is 6.09 Å². The van der Waals surface area contributed by atoms with Crippen LogP contribution in [0.1, 0.15) is 61.8 Å². The quantitative estimate of drug-likeness (QED) is 0.279. The van der Waals surface area contributed by atoms with Gasteiger partial charge in [-0.25, -0.2) is 4.79 Å². The highest BCUT2D eigenvalue weighted by atomic mass is 16.5. The van der Waals surface area contributed by atoms with E-state index >= 15 is 0 Å². The number of piperidine rings is 1. The van der Waals surface area contributed by atoms with Gasteiger partial charge in [-0.2, -0.15) is 0 Å². The molecular formula is C36H44N4O4. The Kier molecular flexibility index (Phi) is 10.7. The highest BCUT2D eigenvalue weighted by molar-refractivity contribution is 6.00. The largest absolute Gasteiger partial charge is 0.445 e. The molecule has 2 saturated heterocycles. The molecule has 2 aliphatic rings. The predicted molar refractivity (Wildman–Crippen MR) is 171 cm³/mol. The van der Waals surface area contributed by atoms with Gasteiger partial charge in [-0.3, -0.25) is 9.59 Å². The van der Waals surface area contributed by atoms with Crippen LogP contribution in [0.2, 0.25) is 0 Å². The maximum atomic E-state index is 14.2. The van der Waals surface area contributed by atoms with Crippen LogP contribution < -0.4 is 10.6 Å². The second-order valence-electron chi connectivity index (χ2n) is 11.9. The monoisotopic (exact) mass is 596 g/mol. The van der Waals surface area contributed by atoms with E-state index in [1.54, 1.807) is 0 Å². The lowest BCUT2D eigenvalue weighted by Gasteiger charge is -2.54. The summed E-state index contributed by atoms with van der Waals surface area (Å²) in [6, 6.07) is 29.2. The van der Waals surface area contributed by atoms with Gasteiger partial charge in [-0.1, -0.05) is 91.0 Å². The smallest absolute Gasteiger partial charge is 0.407 e. The van der Waals surface area contributed by atoms with E-state index in [9.17, 15) is 14.4 Å². The number of benzene rings is 3. The summed E-state index contributed by atoms with van der Waals surface area (Å²) in [5, 5.41) is 5.90. The van der Waals surface area contributed by atoms with Crippen molar-refractivity contribution in [3.05, 3.63) is 108 Å². The van der Waals surface area contributed by atoms with Gasteiger partial charge in [0.05, 0.1) is 6.04 Å². The number of hydrogen-bond donors (Lipinski definition) is 2. The molecule has 8 nitrogen and oxygen atoms in total. The second-order valence-corrected chi connectivity index (χ2v) is 11.9. The number of piperazine rings is 1. The molecule has 0 radical (unpaired) electrons. The topological polar surface area (TPSA) is 91.0 Å². The molecule has 1 unspecified atom stereocenters. The molecule has 2 heterocycles. The third-order valence-corrected chi connectivity index (χ3v) is 9.04. The number of hydrogen-bond acceptors (Lipinski definition) is 5. The first-order valence-electron chi connectivity index (χ1n) is 15.9. The number of alkyl carbamates (subject to hydrolysis) is 1. The Bertz CT molecular complexity index is 1360. The summed E-state index contributed by atoms with van der Waals surface area (Å²) >= 11 is 0. The van der Waals surface area contributed by atoms with Gasteiger partial charge in [-0.05, 0) is 62.1 Å². The van der Waals surface area contributed by atoms with Gasteiger partial charge < -0.3 is 25.2 Å². The fourth-order valence-electron chi connectivity index (χ4n) is 6.46. The number of likely N-dealkylation sites (tertiary alicyclic amines) is 1. The summed E-state index contributed by atoms with van der Waals surface area (Å²) in [4.78, 5) is 44.5. The molecule has 0 aliphatic carbocycles. The summed E-state index contributed by atoms with van der Waals surface area (Å²) in [7, 11) is 0. The third-order valence-electron chi connectivity index (χ3n) is 9.04. The van der Waals surface area contributed by atoms with Gasteiger partial charge in [0.1, 0.15) is 18.2 Å². The van der Waals surface area contributed by atoms with Crippen LogP contribution in [0, 0.1) is 0 Å². The molecule has 232 valence electrons. The van der Waals surface area contributed by atoms with Crippen molar-refractivity contribution in [2.75, 3.05) is 26.2 Å². The SMILES string of the molecule is CC(c1ccccc1)N1C(=O)[C@H](CCCCNC(=O)OCc2ccccc2)NC(=O)C12CCN(CCc1ccccc1)CC2. The lowest BCUT2D eigenvalue weighted by molar-refractivity contribution is -0.165. The molecule has 3 aromatic carbocycles. The Hall–Kier alpha value is -4.17. The standard InChI is InChI=1S/C36H44N4O4/c1-28(31-17-9-4-10-18-31)40-33(41)32(19-11-12-23-37-35(43)44-27-30-15-7-3-8-16-30)38-34(42)36(40)21-25-39(26-22-36)24-20-29-13-5-2-6-14-29/h2-10,13-18,28,32H,11-12,19-27H2,1H3,(H,37,43)(H,38,42)/t28?,32-/m0/s1. The molecule has 0 bridgehead atoms. The van der Waals surface area contributed by atoms with Crippen molar-refractivity contribution < 1.29 is 19.1 Å². The van der Waals surface area contributed by atoms with E-state index in [-0.39, 0.29) is 24.5 Å². The van der Waals surface area contributed by atoms with Crippen LogP contribution in [0.25, 0.3) is 0 Å². The number of unbranched alkanes of at least 4 members (excludes halogenated alkanes) is 1. The molecule has 3 amide bonds. The zero-order valence-electron chi connectivity index (χ0n) is 25.6. The minimum absolute atomic E-state index is 0.0195. The highest BCUT2D eigenvalue weighted by Crippen LogP contribution is 2.39. The molecule has 2 N–H and O–H groups in total. The lowest BCUT2D eigenvalue weighted by atomic mass is 9.79. The number of rotatable bonds is 12. The van der Waals surface area contributed by atoms with Crippen molar-refractivity contribution in [3.63, 3.8) is 0 Å². The predicted octanol–water partition coefficient (Wildman–Crippen LogP) is 5.25. The van der Waals surface area contributed by atoms with Crippen molar-refractivity contribution in [1.82, 2.24) is 20.4 Å². The Morgan fingerprint density at radius 2 is 1.52 bits per heavy atom. The van der Waals surface area contributed by atoms with E-state index in [1.807, 2.05) is 78.6 Å². The van der Waals surface area contributed by atoms with E-state index in [1.165, 1.54) is 5.56 Å². The van der Waals surface area contributed by atoms with E-state index in [0.717, 1.165) is 37.2 Å². The first kappa shape index (κ1) is 31.3. The molecule has 0 saturated carbocycles. The molecular weight excluding hydrogens is 552 g/mol. The van der Waals surface area contributed by atoms with Gasteiger partial charge in [0.15, 0.2) is 0 Å². The van der Waals surface area contributed by atoms with Gasteiger partial charge in [0, 0.05) is 26.2 Å². The van der Waals surface area contributed by atoms with E-state index in [4.69, 9.17) is 4.74 Å². The minimum atomic E-state index is -0.865. The molecule has 3 aromatic rings. The number of carbonyl (C=O) groups is 3. The van der Waals surface area contributed by atoms with Crippen LogP contribution in [0.5, 0.6) is 0 Å². The summed E-state index contributed by atoms with van der Waals surface area (Å²) in [5.74, 6) is -0.0656. The summed E-state index contributed by atoms with van der Waals surface area (Å²) in [5.41, 5.74) is 2.40. The lowest BCUT2D eigenvalue weighted by Crippen LogP contribution is -2.73. The highest BCUT2D eigenvalue weighted by Gasteiger charge is 2.55. The zero-order valence-corrected chi connectivity index (χ0v) is 25.6. The van der Waals surface area contributed by atoms with E-state index < -0.39 is 17.7 Å². The molecule has 44 heavy (non-hydrogen) atoms. The normalized spacial score (nSPS) is 18.9. The number of carbonyl (C=O) groups excluding carboxylic acids is 3. The van der Waals surface area contributed by atoms with Gasteiger partial charge in [0.2, 0.25) is 11.8 Å². The van der Waals surface area contributed by atoms with Crippen LogP contribution in [0.3, 0.4) is 0 Å². The van der Waals surface area contributed by atoms with Crippen molar-refractivity contribution in [1.29, 1.82) is 0 Å². The second kappa shape index (κ2) is 15.0. The first-order chi connectivity index (χ1) is 21.5. The van der Waals surface area contributed by atoms with Crippen LogP contribution >= 0.6 is 0 Å². The number of nitrogens with one attached hydrogen (secondary N) is 2. The Morgan fingerprint density at radius 1 is 0.909 bits per heavy atom. The Morgan fingerprint density at radius 3 is 2.18 bits per heavy atom. The maximum absolute atomic E-state index is 14.2. The number of amides is 3. The molecule has 2 atom stereocenters. The van der Waals surface area contributed by atoms with Crippen molar-refractivity contribution >= 4 is 17.9 Å². The maximum Gasteiger partial charge on any atom is 0.407 e. The fraction of sp³-hybridized carbons (Fsp3) is 0.417. The van der Waals surface area contributed by atoms with E-state index in [0.29, 0.717) is 38.6 Å². The van der Waals surface area contributed by atoms with Gasteiger partial charge in [0.25, 0.3) is 0 Å². The molecule has 2 aliphatic heterocycles. The minimum Gasteiger partial charge on any atom is -0.445 e. The average Bonchev–Trinajstić information content (AvgIpc) is 3.07. The van der Waals surface area contributed by atoms with Crippen LogP contribution in [-0.2, 0) is 27.4 Å². The Labute approximate surface area is 260 Å². The third kappa shape index (κ3) is 7.66. The van der Waals surface area contributed by atoms with Gasteiger partial charge in [-0.15, -0.1) is 0 Å². The van der Waals surface area contributed by atoms with E-state index in [2.05, 4.69) is 39.8 Å². The van der Waals surface area contributed by atoms with Crippen LogP contribution in [0.4, 0.5) is 4.79 Å². The average molecular weight is 597 g/mol. The van der Waals surface area contributed by atoms with Crippen LogP contribution in [-0.4, -0.2) is 65.5 Å². The van der Waals surface area contributed by atoms with Crippen LogP contribution in [0.15, 0.2) is 91.0 Å². The molecule has 8 heteroatoms.